The third-order valence-electron chi connectivity index (χ3n) is 9.56. The van der Waals surface area contributed by atoms with Crippen molar-refractivity contribution in [3.8, 4) is 0 Å². The van der Waals surface area contributed by atoms with Crippen LogP contribution in [-0.2, 0) is 69.0 Å². The zero-order valence-electron chi connectivity index (χ0n) is 32.7. The van der Waals surface area contributed by atoms with E-state index in [9.17, 15) is 67.4 Å². The predicted molar refractivity (Wildman–Crippen MR) is 203 cm³/mol. The minimum Gasteiger partial charge on any atom is -0.387 e. The van der Waals surface area contributed by atoms with E-state index in [0.717, 1.165) is 4.57 Å². The molecule has 0 aromatic carbocycles. The van der Waals surface area contributed by atoms with Gasteiger partial charge in [0.1, 0.15) is 18.3 Å². The Balaban J connectivity index is 1.11. The molecule has 8 atom stereocenters. The molecule has 0 bridgehead atoms. The molecular formula is C27H44N10O22P4+2. The largest absolute Gasteiger partial charge is 0.472 e. The molecule has 0 aliphatic carbocycles. The lowest BCUT2D eigenvalue weighted by molar-refractivity contribution is -0.745. The van der Waals surface area contributed by atoms with Crippen LogP contribution in [0.15, 0.2) is 22.2 Å². The molecule has 4 aromatic rings. The second-order valence-corrected chi connectivity index (χ2v) is 19.8. The van der Waals surface area contributed by atoms with E-state index in [-0.39, 0.29) is 40.6 Å². The van der Waals surface area contributed by atoms with Crippen molar-refractivity contribution in [2.45, 2.75) is 49.7 Å². The third-order valence-corrected chi connectivity index (χ3v) is 12.3. The van der Waals surface area contributed by atoms with Gasteiger partial charge in [0.2, 0.25) is 17.3 Å². The summed E-state index contributed by atoms with van der Waals surface area (Å²) >= 11 is 0. The summed E-state index contributed by atoms with van der Waals surface area (Å²) in [5.74, 6) is -0.449. The summed E-state index contributed by atoms with van der Waals surface area (Å²) in [6.07, 6.45) is -4.86. The molecule has 32 nitrogen and oxygen atoms in total. The maximum Gasteiger partial charge on any atom is 0.472 e. The molecule has 36 heteroatoms. The monoisotopic (exact) mass is 984 g/mol. The Morgan fingerprint density at radius 2 is 1.17 bits per heavy atom. The van der Waals surface area contributed by atoms with Crippen molar-refractivity contribution in [1.29, 1.82) is 0 Å². The quantitative estimate of drug-likeness (QED) is 0.0297. The van der Waals surface area contributed by atoms with Crippen LogP contribution < -0.4 is 31.7 Å². The summed E-state index contributed by atoms with van der Waals surface area (Å²) in [5.41, 5.74) is 7.97. The first-order valence-corrected chi connectivity index (χ1v) is 24.0. The number of anilines is 2. The second-order valence-electron chi connectivity index (χ2n) is 14.5. The molecule has 14 N–H and O–H groups in total. The van der Waals surface area contributed by atoms with Crippen LogP contribution in [0.4, 0.5) is 11.9 Å². The van der Waals surface area contributed by atoms with E-state index < -0.39 is 124 Å². The number of nitrogens with one attached hydrogen (secondary N) is 2. The third kappa shape index (κ3) is 11.9. The van der Waals surface area contributed by atoms with Crippen molar-refractivity contribution in [2.75, 3.05) is 51.1 Å². The number of hydrogen-bond donors (Lipinski definition) is 12. The highest BCUT2D eigenvalue weighted by Crippen LogP contribution is 2.51. The number of H-pyrrole nitrogens is 2. The number of fused-ring (bicyclic) bond motifs is 2. The van der Waals surface area contributed by atoms with Crippen molar-refractivity contribution in [2.24, 2.45) is 19.5 Å². The van der Waals surface area contributed by atoms with Crippen LogP contribution >= 0.6 is 31.3 Å². The van der Waals surface area contributed by atoms with Gasteiger partial charge < -0.3 is 60.5 Å². The molecule has 4 aromatic heterocycles. The van der Waals surface area contributed by atoms with Crippen molar-refractivity contribution >= 4 is 65.5 Å². The standard InChI is InChI=1S/C27H42N10O22P4/c1-34-11-36(20-16(34)22(40)32-25(28)30-20)15-4-3-13(58-15)5-52-62(48,49)56-9-27(7-54-60(42,43)44,8-55-61(45,46)47)10-57-63(50,51)53-6-14-18(38)19(39)24(59-14)37-12-35(2)17-21(37)31-26(29)33-23(17)41/h11-15,18-19,24,38-39H,3-10H2,1-2H3,(H10-2,28,29,30,31,32,33,40,41,42,43,44,45,46,47,48,49,50,51)/p+2/t13-,14+,15+,18+,19+,24+/m0/s1. The summed E-state index contributed by atoms with van der Waals surface area (Å²) in [7, 11) is -18.6. The van der Waals surface area contributed by atoms with E-state index in [2.05, 4.69) is 29.0 Å². The Labute approximate surface area is 351 Å². The van der Waals surface area contributed by atoms with Gasteiger partial charge in [-0.15, -0.1) is 0 Å². The van der Waals surface area contributed by atoms with Crippen molar-refractivity contribution < 1.29 is 104 Å². The number of rotatable bonds is 20. The number of aryl methyl sites for hydroxylation is 2. The van der Waals surface area contributed by atoms with E-state index in [0.29, 0.717) is 6.42 Å². The van der Waals surface area contributed by atoms with Gasteiger partial charge in [0.25, 0.3) is 23.0 Å². The van der Waals surface area contributed by atoms with Crippen LogP contribution in [-0.4, -0.2) is 133 Å². The molecule has 0 amide bonds. The van der Waals surface area contributed by atoms with Gasteiger partial charge in [-0.05, 0) is 6.42 Å². The number of phosphoric acid groups is 4. The van der Waals surface area contributed by atoms with E-state index in [1.54, 1.807) is 7.05 Å². The molecule has 0 radical (unpaired) electrons. The zero-order chi connectivity index (χ0) is 46.4. The van der Waals surface area contributed by atoms with Gasteiger partial charge >= 0.3 is 42.6 Å². The van der Waals surface area contributed by atoms with E-state index in [1.807, 2.05) is 0 Å². The lowest BCUT2D eigenvalue weighted by atomic mass is 9.93. The first kappa shape index (κ1) is 49.0. The number of imidazole rings is 2. The summed E-state index contributed by atoms with van der Waals surface area (Å²) in [6.45, 7) is -7.07. The summed E-state index contributed by atoms with van der Waals surface area (Å²) in [6, 6.07) is 0. The van der Waals surface area contributed by atoms with E-state index in [1.165, 1.54) is 33.4 Å². The Bertz CT molecular complexity index is 2620. The van der Waals surface area contributed by atoms with Crippen LogP contribution in [0.3, 0.4) is 0 Å². The molecule has 2 fully saturated rings. The maximum atomic E-state index is 13.1. The number of hydrogen-bond acceptors (Lipinski definition) is 20. The molecule has 2 saturated heterocycles. The molecule has 2 aliphatic rings. The van der Waals surface area contributed by atoms with E-state index in [4.69, 9.17) is 39.0 Å². The number of aliphatic hydroxyl groups is 2. The van der Waals surface area contributed by atoms with Gasteiger partial charge in [-0.2, -0.15) is 0 Å². The van der Waals surface area contributed by atoms with Crippen molar-refractivity contribution in [3.05, 3.63) is 33.4 Å². The van der Waals surface area contributed by atoms with Crippen molar-refractivity contribution in [3.63, 3.8) is 0 Å². The van der Waals surface area contributed by atoms with Gasteiger partial charge in [0.15, 0.2) is 18.9 Å². The second kappa shape index (κ2) is 18.5. The number of aliphatic hydroxyl groups excluding tert-OH is 2. The average molecular weight is 985 g/mol. The molecule has 2 unspecified atom stereocenters. The van der Waals surface area contributed by atoms with Crippen LogP contribution in [0.1, 0.15) is 25.3 Å². The Hall–Kier alpha value is -3.42. The fourth-order valence-electron chi connectivity index (χ4n) is 6.59. The molecule has 0 saturated carbocycles. The zero-order valence-corrected chi connectivity index (χ0v) is 36.3. The molecule has 6 heterocycles. The minimum absolute atomic E-state index is 0.00231. The first-order valence-electron chi connectivity index (χ1n) is 18.0. The Morgan fingerprint density at radius 3 is 1.68 bits per heavy atom. The molecule has 352 valence electrons. The molecule has 6 rings (SSSR count). The highest BCUT2D eigenvalue weighted by atomic mass is 31.2. The summed E-state index contributed by atoms with van der Waals surface area (Å²) in [4.78, 5) is 96.6. The number of nitrogens with two attached hydrogens (primary N) is 2. The lowest BCUT2D eigenvalue weighted by Crippen LogP contribution is -2.46. The van der Waals surface area contributed by atoms with Crippen LogP contribution in [0, 0.1) is 5.41 Å². The van der Waals surface area contributed by atoms with Gasteiger partial charge in [-0.1, -0.05) is 9.97 Å². The van der Waals surface area contributed by atoms with E-state index >= 15 is 0 Å². The van der Waals surface area contributed by atoms with Crippen LogP contribution in [0.2, 0.25) is 0 Å². The number of phosphoric ester groups is 4. The molecule has 2 aliphatic heterocycles. The molecule has 63 heavy (non-hydrogen) atoms. The number of aromatic amines is 2. The number of aromatic nitrogens is 8. The van der Waals surface area contributed by atoms with Crippen molar-refractivity contribution in [1.82, 2.24) is 29.1 Å². The number of ether oxygens (including phenoxy) is 2. The normalized spacial score (nSPS) is 24.3. The maximum absolute atomic E-state index is 13.1. The van der Waals surface area contributed by atoms with Gasteiger partial charge in [-0.3, -0.25) is 55.8 Å². The van der Waals surface area contributed by atoms with Crippen LogP contribution in [0.5, 0.6) is 0 Å². The topological polar surface area (TPSA) is 465 Å². The fourth-order valence-corrected chi connectivity index (χ4v) is 9.19. The average Bonchev–Trinajstić information content (AvgIpc) is 3.93. The fraction of sp³-hybridized carbons (Fsp3) is 0.630. The number of nitrogens with zero attached hydrogens (tertiary/aromatic N) is 6. The Morgan fingerprint density at radius 1 is 0.714 bits per heavy atom. The molecule has 0 spiro atoms. The Kier molecular flexibility index (Phi) is 14.4. The summed E-state index contributed by atoms with van der Waals surface area (Å²) in [5, 5.41) is 21.5. The highest BCUT2D eigenvalue weighted by Gasteiger charge is 2.49. The van der Waals surface area contributed by atoms with Crippen LogP contribution in [0.25, 0.3) is 22.3 Å². The highest BCUT2D eigenvalue weighted by molar-refractivity contribution is 7.47. The number of nitrogen functional groups attached to an aromatic ring is 2. The van der Waals surface area contributed by atoms with Gasteiger partial charge in [0, 0.05) is 6.42 Å². The SMILES string of the molecule is Cn1c[n+]([C@@H]2O[C@H](COP(=O)(O)OCC(COP(=O)(O)O)(COP(=O)(O)O)COP(=O)(O)OC[C@@H]3CC[C@H]([n+]4cn(C)c5c(=O)[nH]c(N)nc54)O3)[C@@H](O)[C@H]2O)c2nc(N)[nH]c(=O)c21. The van der Waals surface area contributed by atoms with Gasteiger partial charge in [0.05, 0.1) is 65.3 Å². The molecular weight excluding hydrogens is 940 g/mol. The summed E-state index contributed by atoms with van der Waals surface area (Å²) < 4.78 is 95.6. The minimum atomic E-state index is -5.46. The first-order chi connectivity index (χ1) is 29.2. The predicted octanol–water partition coefficient (Wildman–Crippen LogP) is -3.95. The lowest BCUT2D eigenvalue weighted by Gasteiger charge is -2.33. The smallest absolute Gasteiger partial charge is 0.387 e. The van der Waals surface area contributed by atoms with Gasteiger partial charge in [-0.25, -0.2) is 27.4 Å².